The number of carbonyl (C=O) groups is 1. The van der Waals surface area contributed by atoms with Crippen LogP contribution in [0, 0.1) is 0 Å². The summed E-state index contributed by atoms with van der Waals surface area (Å²) in [6.45, 7) is 7.73. The van der Waals surface area contributed by atoms with E-state index in [0.29, 0.717) is 12.6 Å². The summed E-state index contributed by atoms with van der Waals surface area (Å²) in [6.07, 6.45) is 1.87. The number of nitrogens with zero attached hydrogens (tertiary/aromatic N) is 1. The van der Waals surface area contributed by atoms with E-state index in [-0.39, 0.29) is 18.0 Å². The van der Waals surface area contributed by atoms with E-state index in [9.17, 15) is 4.79 Å². The highest BCUT2D eigenvalue weighted by Crippen LogP contribution is 2.17. The van der Waals surface area contributed by atoms with Crippen LogP contribution in [0.1, 0.15) is 33.6 Å². The van der Waals surface area contributed by atoms with Crippen LogP contribution < -0.4 is 5.32 Å². The summed E-state index contributed by atoms with van der Waals surface area (Å²) in [6, 6.07) is 0.596. The molecule has 1 saturated heterocycles. The standard InChI is InChI=1S/C12H24N2O2/c1-5-10(8-16-4)14-7-6-11(12(14)15)13-9(2)3/h9-11,13H,5-8H2,1-4H3. The third kappa shape index (κ3) is 3.19. The molecule has 0 spiro atoms. The minimum Gasteiger partial charge on any atom is -0.383 e. The fourth-order valence-corrected chi connectivity index (χ4v) is 2.24. The SMILES string of the molecule is CCC(COC)N1CCC(NC(C)C)C1=O. The highest BCUT2D eigenvalue weighted by Gasteiger charge is 2.35. The second kappa shape index (κ2) is 6.21. The van der Waals surface area contributed by atoms with Crippen molar-refractivity contribution in [2.24, 2.45) is 0 Å². The molecule has 94 valence electrons. The van der Waals surface area contributed by atoms with Gasteiger partial charge in [0.25, 0.3) is 0 Å². The van der Waals surface area contributed by atoms with Crippen LogP contribution in [0.15, 0.2) is 0 Å². The van der Waals surface area contributed by atoms with Gasteiger partial charge in [0, 0.05) is 19.7 Å². The third-order valence-corrected chi connectivity index (χ3v) is 3.05. The molecule has 2 atom stereocenters. The van der Waals surface area contributed by atoms with Gasteiger partial charge in [0.1, 0.15) is 0 Å². The van der Waals surface area contributed by atoms with Crippen molar-refractivity contribution in [3.05, 3.63) is 0 Å². The van der Waals surface area contributed by atoms with E-state index in [4.69, 9.17) is 4.74 Å². The molecular formula is C12H24N2O2. The monoisotopic (exact) mass is 228 g/mol. The summed E-state index contributed by atoms with van der Waals surface area (Å²) < 4.78 is 5.16. The number of hydrogen-bond acceptors (Lipinski definition) is 3. The molecule has 16 heavy (non-hydrogen) atoms. The summed E-state index contributed by atoms with van der Waals surface area (Å²) in [7, 11) is 1.69. The zero-order valence-corrected chi connectivity index (χ0v) is 10.8. The first-order valence-corrected chi connectivity index (χ1v) is 6.15. The van der Waals surface area contributed by atoms with Gasteiger partial charge in [-0.3, -0.25) is 4.79 Å². The smallest absolute Gasteiger partial charge is 0.240 e. The van der Waals surface area contributed by atoms with Crippen molar-refractivity contribution >= 4 is 5.91 Å². The average Bonchev–Trinajstić information content (AvgIpc) is 2.57. The maximum absolute atomic E-state index is 12.1. The van der Waals surface area contributed by atoms with Crippen molar-refractivity contribution in [3.63, 3.8) is 0 Å². The number of ether oxygens (including phenoxy) is 1. The Morgan fingerprint density at radius 1 is 1.56 bits per heavy atom. The Hall–Kier alpha value is -0.610. The van der Waals surface area contributed by atoms with E-state index in [1.54, 1.807) is 7.11 Å². The number of methoxy groups -OCH3 is 1. The predicted octanol–water partition coefficient (Wildman–Crippen LogP) is 1.01. The molecule has 1 aliphatic rings. The van der Waals surface area contributed by atoms with Gasteiger partial charge < -0.3 is 15.0 Å². The lowest BCUT2D eigenvalue weighted by Gasteiger charge is -2.26. The van der Waals surface area contributed by atoms with Gasteiger partial charge in [0.2, 0.25) is 5.91 Å². The van der Waals surface area contributed by atoms with E-state index in [2.05, 4.69) is 26.1 Å². The summed E-state index contributed by atoms with van der Waals surface area (Å²) in [5.41, 5.74) is 0. The molecule has 0 radical (unpaired) electrons. The summed E-state index contributed by atoms with van der Waals surface area (Å²) in [5, 5.41) is 3.31. The lowest BCUT2D eigenvalue weighted by molar-refractivity contribution is -0.132. The molecule has 0 saturated carbocycles. The Bertz CT molecular complexity index is 231. The molecule has 1 N–H and O–H groups in total. The summed E-state index contributed by atoms with van der Waals surface area (Å²) >= 11 is 0. The molecule has 4 nitrogen and oxygen atoms in total. The second-order valence-electron chi connectivity index (χ2n) is 4.71. The van der Waals surface area contributed by atoms with E-state index < -0.39 is 0 Å². The molecule has 1 rings (SSSR count). The van der Waals surface area contributed by atoms with Crippen LogP contribution in [0.25, 0.3) is 0 Å². The van der Waals surface area contributed by atoms with Crippen LogP contribution in [0.4, 0.5) is 0 Å². The number of amides is 1. The van der Waals surface area contributed by atoms with Gasteiger partial charge in [-0.2, -0.15) is 0 Å². The Kier molecular flexibility index (Phi) is 5.22. The van der Waals surface area contributed by atoms with Gasteiger partial charge >= 0.3 is 0 Å². The molecule has 0 aliphatic carbocycles. The van der Waals surface area contributed by atoms with E-state index >= 15 is 0 Å². The average molecular weight is 228 g/mol. The summed E-state index contributed by atoms with van der Waals surface area (Å²) in [5.74, 6) is 0.234. The van der Waals surface area contributed by atoms with Crippen molar-refractivity contribution in [2.75, 3.05) is 20.3 Å². The minimum absolute atomic E-state index is 0.00547. The van der Waals surface area contributed by atoms with Crippen LogP contribution in [0.2, 0.25) is 0 Å². The fourth-order valence-electron chi connectivity index (χ4n) is 2.24. The maximum Gasteiger partial charge on any atom is 0.240 e. The Morgan fingerprint density at radius 3 is 2.75 bits per heavy atom. The first-order valence-electron chi connectivity index (χ1n) is 6.15. The zero-order valence-electron chi connectivity index (χ0n) is 10.8. The van der Waals surface area contributed by atoms with Crippen molar-refractivity contribution in [3.8, 4) is 0 Å². The lowest BCUT2D eigenvalue weighted by Crippen LogP contribution is -2.45. The van der Waals surface area contributed by atoms with Gasteiger partial charge in [0.15, 0.2) is 0 Å². The van der Waals surface area contributed by atoms with Crippen molar-refractivity contribution in [2.45, 2.75) is 51.7 Å². The fraction of sp³-hybridized carbons (Fsp3) is 0.917. The number of carbonyl (C=O) groups excluding carboxylic acids is 1. The molecular weight excluding hydrogens is 204 g/mol. The van der Waals surface area contributed by atoms with Crippen molar-refractivity contribution in [1.29, 1.82) is 0 Å². The van der Waals surface area contributed by atoms with Crippen molar-refractivity contribution in [1.82, 2.24) is 10.2 Å². The highest BCUT2D eigenvalue weighted by atomic mass is 16.5. The predicted molar refractivity (Wildman–Crippen MR) is 64.3 cm³/mol. The van der Waals surface area contributed by atoms with Crippen LogP contribution in [0.5, 0.6) is 0 Å². The van der Waals surface area contributed by atoms with E-state index in [1.807, 2.05) is 4.90 Å². The third-order valence-electron chi connectivity index (χ3n) is 3.05. The Labute approximate surface area is 98.3 Å². The Balaban J connectivity index is 2.54. The molecule has 4 heteroatoms. The first kappa shape index (κ1) is 13.5. The van der Waals surface area contributed by atoms with Gasteiger partial charge in [0.05, 0.1) is 18.7 Å². The first-order chi connectivity index (χ1) is 7.60. The molecule has 0 aromatic rings. The second-order valence-corrected chi connectivity index (χ2v) is 4.71. The van der Waals surface area contributed by atoms with Gasteiger partial charge in [-0.25, -0.2) is 0 Å². The molecule has 1 aliphatic heterocycles. The van der Waals surface area contributed by atoms with Gasteiger partial charge in [-0.05, 0) is 12.8 Å². The van der Waals surface area contributed by atoms with Gasteiger partial charge in [-0.15, -0.1) is 0 Å². The van der Waals surface area contributed by atoms with Gasteiger partial charge in [-0.1, -0.05) is 20.8 Å². The summed E-state index contributed by atoms with van der Waals surface area (Å²) in [4.78, 5) is 14.1. The highest BCUT2D eigenvalue weighted by molar-refractivity contribution is 5.84. The Morgan fingerprint density at radius 2 is 2.25 bits per heavy atom. The molecule has 1 fully saturated rings. The maximum atomic E-state index is 12.1. The van der Waals surface area contributed by atoms with Crippen molar-refractivity contribution < 1.29 is 9.53 Å². The minimum atomic E-state index is 0.00547. The molecule has 1 amide bonds. The van der Waals surface area contributed by atoms with Crippen LogP contribution in [-0.2, 0) is 9.53 Å². The molecule has 0 aromatic heterocycles. The van der Waals surface area contributed by atoms with E-state index in [1.165, 1.54) is 0 Å². The zero-order chi connectivity index (χ0) is 12.1. The largest absolute Gasteiger partial charge is 0.383 e. The molecule has 0 aromatic carbocycles. The number of hydrogen-bond donors (Lipinski definition) is 1. The number of likely N-dealkylation sites (tertiary alicyclic amines) is 1. The molecule has 1 heterocycles. The quantitative estimate of drug-likeness (QED) is 0.737. The molecule has 2 unspecified atom stereocenters. The van der Waals surface area contributed by atoms with Crippen LogP contribution in [-0.4, -0.2) is 49.2 Å². The molecule has 0 bridgehead atoms. The topological polar surface area (TPSA) is 41.6 Å². The van der Waals surface area contributed by atoms with Crippen LogP contribution in [0.3, 0.4) is 0 Å². The van der Waals surface area contributed by atoms with E-state index in [0.717, 1.165) is 19.4 Å². The number of nitrogens with one attached hydrogen (secondary N) is 1. The normalized spacial score (nSPS) is 23.2. The lowest BCUT2D eigenvalue weighted by atomic mass is 10.2. The number of rotatable bonds is 6. The van der Waals surface area contributed by atoms with Crippen LogP contribution >= 0.6 is 0 Å².